The molecule has 8 nitrogen and oxygen atoms in total. The molecule has 1 amide bonds. The molecule has 1 aliphatic carbocycles. The van der Waals surface area contributed by atoms with Gasteiger partial charge in [-0.1, -0.05) is 32.4 Å². The van der Waals surface area contributed by atoms with E-state index in [4.69, 9.17) is 18.9 Å². The Labute approximate surface area is 230 Å². The van der Waals surface area contributed by atoms with Gasteiger partial charge in [-0.3, -0.25) is 4.79 Å². The van der Waals surface area contributed by atoms with Crippen LogP contribution in [0.25, 0.3) is 0 Å². The van der Waals surface area contributed by atoms with Gasteiger partial charge in [-0.25, -0.2) is 4.79 Å². The van der Waals surface area contributed by atoms with Crippen molar-refractivity contribution in [2.75, 3.05) is 35.5 Å². The van der Waals surface area contributed by atoms with E-state index in [9.17, 15) is 9.59 Å². The zero-order valence-corrected chi connectivity index (χ0v) is 25.7. The summed E-state index contributed by atoms with van der Waals surface area (Å²) < 4.78 is 26.6. The van der Waals surface area contributed by atoms with Gasteiger partial charge < -0.3 is 29.0 Å². The van der Waals surface area contributed by atoms with Crippen molar-refractivity contribution in [2.24, 2.45) is 0 Å². The van der Waals surface area contributed by atoms with Gasteiger partial charge in [0.25, 0.3) is 0 Å². The summed E-state index contributed by atoms with van der Waals surface area (Å²) in [5, 5.41) is 2.34. The third-order valence-electron chi connectivity index (χ3n) is 5.33. The number of rotatable bonds is 9. The fraction of sp³-hybridized carbons (Fsp3) is 0.600. The second-order valence-electron chi connectivity index (χ2n) is 8.20. The lowest BCUT2D eigenvalue weighted by Crippen LogP contribution is -2.22. The van der Waals surface area contributed by atoms with Crippen molar-refractivity contribution in [3.63, 3.8) is 0 Å². The molecule has 0 heterocycles. The van der Waals surface area contributed by atoms with Gasteiger partial charge in [-0.05, 0) is 77.5 Å². The summed E-state index contributed by atoms with van der Waals surface area (Å²) in [6.45, 7) is 13.4. The number of allylic oxidation sites excluding steroid dienone is 7. The van der Waals surface area contributed by atoms with Crippen LogP contribution in [0.3, 0.4) is 0 Å². The highest BCUT2D eigenvalue weighted by Gasteiger charge is 2.23. The van der Waals surface area contributed by atoms with E-state index in [1.165, 1.54) is 19.7 Å². The lowest BCUT2D eigenvalue weighted by Gasteiger charge is -2.19. The van der Waals surface area contributed by atoms with Gasteiger partial charge in [0, 0.05) is 12.6 Å². The first kappa shape index (κ1) is 37.0. The maximum atomic E-state index is 12.6. The largest absolute Gasteiger partial charge is 0.497 e. The minimum Gasteiger partial charge on any atom is -0.497 e. The number of alkyl carbamates (subject to hydrolysis) is 1. The number of carbonyl (C=O) groups is 2. The van der Waals surface area contributed by atoms with Gasteiger partial charge in [0.05, 0.1) is 34.5 Å². The molecule has 0 spiro atoms. The summed E-state index contributed by atoms with van der Waals surface area (Å²) in [6.07, 6.45) is 9.29. The van der Waals surface area contributed by atoms with E-state index in [0.29, 0.717) is 29.5 Å². The lowest BCUT2D eigenvalue weighted by molar-refractivity contribution is -0.114. The maximum Gasteiger partial charge on any atom is 0.407 e. The molecular formula is C30H51NO7. The summed E-state index contributed by atoms with van der Waals surface area (Å²) in [7, 11) is 7.89. The van der Waals surface area contributed by atoms with Gasteiger partial charge in [0.15, 0.2) is 17.3 Å². The van der Waals surface area contributed by atoms with E-state index in [2.05, 4.69) is 16.1 Å². The van der Waals surface area contributed by atoms with Crippen LogP contribution in [-0.4, -0.2) is 53.5 Å². The molecule has 38 heavy (non-hydrogen) atoms. The summed E-state index contributed by atoms with van der Waals surface area (Å²) in [6, 6.07) is 0. The first-order chi connectivity index (χ1) is 18.1. The Hall–Kier alpha value is -3.16. The normalized spacial score (nSPS) is 17.6. The van der Waals surface area contributed by atoms with E-state index in [0.717, 1.165) is 36.8 Å². The highest BCUT2D eigenvalue weighted by atomic mass is 16.6. The van der Waals surface area contributed by atoms with Crippen LogP contribution in [0.15, 0.2) is 58.0 Å². The van der Waals surface area contributed by atoms with Crippen molar-refractivity contribution >= 4 is 11.9 Å². The van der Waals surface area contributed by atoms with Gasteiger partial charge >= 0.3 is 6.09 Å². The number of nitrogens with one attached hydrogen (secondary N) is 1. The molecule has 0 unspecified atom stereocenters. The molecule has 1 aliphatic rings. The Bertz CT molecular complexity index is 877. The Balaban J connectivity index is 0. The van der Waals surface area contributed by atoms with Gasteiger partial charge in [-0.2, -0.15) is 0 Å². The average molecular weight is 538 g/mol. The van der Waals surface area contributed by atoms with Crippen LogP contribution >= 0.6 is 0 Å². The fourth-order valence-electron chi connectivity index (χ4n) is 3.60. The summed E-state index contributed by atoms with van der Waals surface area (Å²) >= 11 is 0. The molecule has 0 saturated heterocycles. The fourth-order valence-corrected chi connectivity index (χ4v) is 3.60. The van der Waals surface area contributed by atoms with Crippen LogP contribution in [0.5, 0.6) is 0 Å². The minimum absolute atomic E-state index is 0.0325. The SMILES string of the molecule is C/C=C1/CCC/C(=C/C(=O)/C(=C\CC)OC)C/C1=C(OC)/C(OC)=C(\C)OC.CC.CNC(=O)OC(C)C. The number of carbonyl (C=O) groups excluding carboxylic acids is 2. The third-order valence-corrected chi connectivity index (χ3v) is 5.33. The van der Waals surface area contributed by atoms with Crippen molar-refractivity contribution in [2.45, 2.75) is 86.7 Å². The van der Waals surface area contributed by atoms with Crippen LogP contribution in [-0.2, 0) is 28.5 Å². The van der Waals surface area contributed by atoms with Gasteiger partial charge in [0.1, 0.15) is 5.76 Å². The molecule has 0 radical (unpaired) electrons. The molecule has 1 N–H and O–H groups in total. The van der Waals surface area contributed by atoms with Crippen LogP contribution in [0.1, 0.15) is 80.6 Å². The smallest absolute Gasteiger partial charge is 0.407 e. The lowest BCUT2D eigenvalue weighted by atomic mass is 9.96. The average Bonchev–Trinajstić information content (AvgIpc) is 3.12. The Morgan fingerprint density at radius 2 is 1.63 bits per heavy atom. The number of hydrogen-bond acceptors (Lipinski definition) is 7. The Morgan fingerprint density at radius 1 is 1.00 bits per heavy atom. The molecule has 1 saturated carbocycles. The number of ether oxygens (including phenoxy) is 5. The zero-order chi connectivity index (χ0) is 29.7. The highest BCUT2D eigenvalue weighted by molar-refractivity contribution is 6.02. The minimum atomic E-state index is -0.375. The van der Waals surface area contributed by atoms with Crippen LogP contribution < -0.4 is 5.32 Å². The predicted octanol–water partition coefficient (Wildman–Crippen LogP) is 7.14. The second-order valence-corrected chi connectivity index (χ2v) is 8.20. The molecule has 0 atom stereocenters. The molecule has 218 valence electrons. The molecular weight excluding hydrogens is 486 g/mol. The molecule has 0 aromatic rings. The van der Waals surface area contributed by atoms with Crippen LogP contribution in [0, 0.1) is 0 Å². The first-order valence-corrected chi connectivity index (χ1v) is 13.2. The van der Waals surface area contributed by atoms with Crippen LogP contribution in [0.4, 0.5) is 4.79 Å². The topological polar surface area (TPSA) is 92.3 Å². The van der Waals surface area contributed by atoms with E-state index in [1.807, 2.05) is 34.6 Å². The van der Waals surface area contributed by atoms with E-state index in [1.54, 1.807) is 47.3 Å². The van der Waals surface area contributed by atoms with Crippen molar-refractivity contribution in [3.05, 3.63) is 58.0 Å². The Kier molecular flexibility index (Phi) is 21.3. The van der Waals surface area contributed by atoms with Gasteiger partial charge in [0.2, 0.25) is 5.78 Å². The monoisotopic (exact) mass is 537 g/mol. The molecule has 1 rings (SSSR count). The molecule has 0 aromatic heterocycles. The number of amides is 1. The summed E-state index contributed by atoms with van der Waals surface area (Å²) in [4.78, 5) is 22.9. The van der Waals surface area contributed by atoms with Crippen LogP contribution in [0.2, 0.25) is 0 Å². The molecule has 1 fully saturated rings. The summed E-state index contributed by atoms with van der Waals surface area (Å²) in [5.74, 6) is 2.13. The highest BCUT2D eigenvalue weighted by Crippen LogP contribution is 2.36. The van der Waals surface area contributed by atoms with Crippen molar-refractivity contribution in [1.29, 1.82) is 0 Å². The predicted molar refractivity (Wildman–Crippen MR) is 153 cm³/mol. The van der Waals surface area contributed by atoms with Crippen molar-refractivity contribution < 1.29 is 33.3 Å². The second kappa shape index (κ2) is 21.9. The Morgan fingerprint density at radius 3 is 2.03 bits per heavy atom. The first-order valence-electron chi connectivity index (χ1n) is 13.2. The van der Waals surface area contributed by atoms with Crippen molar-refractivity contribution in [3.8, 4) is 0 Å². The third kappa shape index (κ3) is 13.4. The number of methoxy groups -OCH3 is 4. The summed E-state index contributed by atoms with van der Waals surface area (Å²) in [5.41, 5.74) is 3.27. The van der Waals surface area contributed by atoms with E-state index in [-0.39, 0.29) is 18.0 Å². The molecule has 0 bridgehead atoms. The number of hydrogen-bond donors (Lipinski definition) is 1. The standard InChI is InChI=1S/C23H34O5.C5H11NO2.C2H6/c1-8-11-21(26-5)20(24)15-17-12-10-13-18(9-2)19(14-17)23(28-7)22(27-6)16(3)25-4;1-4(2)8-5(7)6-3;1-2/h9,11,15H,8,10,12-14H2,1-7H3;4H,1-3H3,(H,6,7);1-2H3/b17-15-,18-9-,21-11+,22-16-,23-19+;;. The molecule has 8 heteroatoms. The molecule has 0 aromatic carbocycles. The molecule has 0 aliphatic heterocycles. The van der Waals surface area contributed by atoms with Gasteiger partial charge in [-0.15, -0.1) is 0 Å². The van der Waals surface area contributed by atoms with E-state index < -0.39 is 0 Å². The van der Waals surface area contributed by atoms with Crippen molar-refractivity contribution in [1.82, 2.24) is 5.32 Å². The number of ketones is 1. The zero-order valence-electron chi connectivity index (χ0n) is 25.7. The quantitative estimate of drug-likeness (QED) is 0.190. The maximum absolute atomic E-state index is 12.6. The van der Waals surface area contributed by atoms with E-state index >= 15 is 0 Å².